The van der Waals surface area contributed by atoms with Crippen molar-refractivity contribution in [3.8, 4) is 0 Å². The van der Waals surface area contributed by atoms with E-state index in [-0.39, 0.29) is 11.0 Å². The molecule has 3 heterocycles. The Morgan fingerprint density at radius 2 is 2.11 bits per heavy atom. The fourth-order valence-corrected chi connectivity index (χ4v) is 3.41. The van der Waals surface area contributed by atoms with Crippen LogP contribution in [0.4, 0.5) is 5.13 Å². The molecule has 0 amide bonds. The predicted molar refractivity (Wildman–Crippen MR) is 74.9 cm³/mol. The van der Waals surface area contributed by atoms with Gasteiger partial charge in [-0.05, 0) is 0 Å². The van der Waals surface area contributed by atoms with Crippen LogP contribution >= 0.6 is 11.3 Å². The van der Waals surface area contributed by atoms with Gasteiger partial charge in [0.1, 0.15) is 10.6 Å². The molecule has 2 fully saturated rings. The van der Waals surface area contributed by atoms with Crippen molar-refractivity contribution in [2.45, 2.75) is 38.2 Å². The van der Waals surface area contributed by atoms with Gasteiger partial charge < -0.3 is 14.4 Å². The average molecular weight is 283 g/mol. The van der Waals surface area contributed by atoms with Crippen LogP contribution in [0.3, 0.4) is 0 Å². The first kappa shape index (κ1) is 13.3. The van der Waals surface area contributed by atoms with Crippen LogP contribution in [0, 0.1) is 0 Å². The van der Waals surface area contributed by atoms with E-state index in [1.165, 1.54) is 0 Å². The summed E-state index contributed by atoms with van der Waals surface area (Å²) < 4.78 is 11.4. The van der Waals surface area contributed by atoms with Crippen LogP contribution in [0.25, 0.3) is 0 Å². The van der Waals surface area contributed by atoms with Gasteiger partial charge in [0, 0.05) is 25.0 Å². The lowest BCUT2D eigenvalue weighted by Gasteiger charge is -2.39. The molecular weight excluding hydrogens is 262 g/mol. The van der Waals surface area contributed by atoms with Gasteiger partial charge in [-0.2, -0.15) is 0 Å². The maximum atomic E-state index is 5.94. The number of morpholine rings is 1. The molecule has 2 saturated heterocycles. The second-order valence-electron chi connectivity index (χ2n) is 6.40. The topological polar surface area (TPSA) is 47.5 Å². The normalized spacial score (nSPS) is 28.3. The summed E-state index contributed by atoms with van der Waals surface area (Å²) >= 11 is 1.70. The lowest BCUT2D eigenvalue weighted by molar-refractivity contribution is -0.0579. The van der Waals surface area contributed by atoms with Crippen molar-refractivity contribution in [2.75, 3.05) is 37.8 Å². The van der Waals surface area contributed by atoms with Crippen LogP contribution in [0.1, 0.15) is 32.2 Å². The molecule has 0 saturated carbocycles. The van der Waals surface area contributed by atoms with Crippen LogP contribution < -0.4 is 4.90 Å². The molecule has 1 aromatic heterocycles. The van der Waals surface area contributed by atoms with Crippen molar-refractivity contribution in [1.82, 2.24) is 10.2 Å². The van der Waals surface area contributed by atoms with Crippen LogP contribution in [0.2, 0.25) is 0 Å². The van der Waals surface area contributed by atoms with Crippen LogP contribution in [0.5, 0.6) is 0 Å². The summed E-state index contributed by atoms with van der Waals surface area (Å²) in [6, 6.07) is 0. The molecule has 0 N–H and O–H groups in total. The largest absolute Gasteiger partial charge is 0.378 e. The zero-order valence-corrected chi connectivity index (χ0v) is 12.6. The van der Waals surface area contributed by atoms with Gasteiger partial charge in [-0.3, -0.25) is 0 Å². The SMILES string of the molecule is CC(C)(C)c1nnc(N2CCOC3(CCOC3)C2)s1. The Bertz CT molecular complexity index is 449. The maximum Gasteiger partial charge on any atom is 0.208 e. The molecule has 0 aliphatic carbocycles. The third-order valence-corrected chi connectivity index (χ3v) is 5.05. The molecule has 1 atom stereocenters. The average Bonchev–Trinajstić information content (AvgIpc) is 2.98. The summed E-state index contributed by atoms with van der Waals surface area (Å²) in [7, 11) is 0. The van der Waals surface area contributed by atoms with Crippen LogP contribution in [-0.2, 0) is 14.9 Å². The molecule has 0 aromatic carbocycles. The van der Waals surface area contributed by atoms with E-state index < -0.39 is 0 Å². The van der Waals surface area contributed by atoms with E-state index in [1.807, 2.05) is 0 Å². The number of aromatic nitrogens is 2. The molecule has 0 radical (unpaired) electrons. The molecule has 1 spiro atoms. The lowest BCUT2D eigenvalue weighted by Crippen LogP contribution is -2.52. The molecule has 1 aromatic rings. The second-order valence-corrected chi connectivity index (χ2v) is 7.35. The highest BCUT2D eigenvalue weighted by molar-refractivity contribution is 7.15. The Balaban J connectivity index is 1.76. The minimum absolute atomic E-state index is 0.0658. The van der Waals surface area contributed by atoms with Gasteiger partial charge in [-0.25, -0.2) is 0 Å². The van der Waals surface area contributed by atoms with Crippen molar-refractivity contribution in [1.29, 1.82) is 0 Å². The smallest absolute Gasteiger partial charge is 0.208 e. The Kier molecular flexibility index (Phi) is 3.27. The van der Waals surface area contributed by atoms with Crippen molar-refractivity contribution < 1.29 is 9.47 Å². The molecule has 19 heavy (non-hydrogen) atoms. The summed E-state index contributed by atoms with van der Waals surface area (Å²) in [6.07, 6.45) is 0.981. The number of anilines is 1. The third kappa shape index (κ3) is 2.61. The number of ether oxygens (including phenoxy) is 2. The highest BCUT2D eigenvalue weighted by Gasteiger charge is 2.41. The van der Waals surface area contributed by atoms with Crippen molar-refractivity contribution in [3.63, 3.8) is 0 Å². The minimum atomic E-state index is -0.119. The number of rotatable bonds is 1. The monoisotopic (exact) mass is 283 g/mol. The number of nitrogens with zero attached hydrogens (tertiary/aromatic N) is 3. The zero-order chi connectivity index (χ0) is 13.5. The van der Waals surface area contributed by atoms with Gasteiger partial charge in [0.05, 0.1) is 19.8 Å². The molecule has 6 heteroatoms. The fraction of sp³-hybridized carbons (Fsp3) is 0.846. The Morgan fingerprint density at radius 1 is 1.26 bits per heavy atom. The second kappa shape index (κ2) is 4.68. The van der Waals surface area contributed by atoms with E-state index in [9.17, 15) is 0 Å². The molecule has 2 aliphatic rings. The first-order valence-electron chi connectivity index (χ1n) is 6.79. The minimum Gasteiger partial charge on any atom is -0.378 e. The fourth-order valence-electron chi connectivity index (χ4n) is 2.48. The van der Waals surface area contributed by atoms with Gasteiger partial charge in [-0.15, -0.1) is 10.2 Å². The summed E-state index contributed by atoms with van der Waals surface area (Å²) in [5, 5.41) is 10.8. The van der Waals surface area contributed by atoms with E-state index in [4.69, 9.17) is 9.47 Å². The lowest BCUT2D eigenvalue weighted by atomic mass is 9.98. The summed E-state index contributed by atoms with van der Waals surface area (Å²) in [5.41, 5.74) is -0.0534. The molecule has 2 aliphatic heterocycles. The summed E-state index contributed by atoms with van der Waals surface area (Å²) in [5.74, 6) is 0. The van der Waals surface area contributed by atoms with Gasteiger partial charge >= 0.3 is 0 Å². The molecule has 3 rings (SSSR count). The Labute approximate surface area is 117 Å². The number of hydrogen-bond acceptors (Lipinski definition) is 6. The standard InChI is InChI=1S/C13H21N3O2S/c1-12(2,3)10-14-15-11(19-10)16-5-7-18-13(8-16)4-6-17-9-13/h4-9H2,1-3H3. The van der Waals surface area contributed by atoms with Crippen LogP contribution in [-0.4, -0.2) is 48.7 Å². The first-order valence-corrected chi connectivity index (χ1v) is 7.61. The highest BCUT2D eigenvalue weighted by Crippen LogP contribution is 2.34. The molecule has 106 valence electrons. The van der Waals surface area contributed by atoms with Crippen LogP contribution in [0.15, 0.2) is 0 Å². The van der Waals surface area contributed by atoms with Crippen molar-refractivity contribution in [3.05, 3.63) is 5.01 Å². The van der Waals surface area contributed by atoms with Gasteiger partial charge in [0.25, 0.3) is 0 Å². The first-order chi connectivity index (χ1) is 8.99. The van der Waals surface area contributed by atoms with Crippen molar-refractivity contribution >= 4 is 16.5 Å². The van der Waals surface area contributed by atoms with Gasteiger partial charge in [-0.1, -0.05) is 32.1 Å². The predicted octanol–water partition coefficient (Wildman–Crippen LogP) is 1.83. The Morgan fingerprint density at radius 3 is 2.74 bits per heavy atom. The van der Waals surface area contributed by atoms with Crippen molar-refractivity contribution in [2.24, 2.45) is 0 Å². The van der Waals surface area contributed by atoms with E-state index in [0.29, 0.717) is 6.61 Å². The Hall–Kier alpha value is -0.720. The quantitative estimate of drug-likeness (QED) is 0.787. The van der Waals surface area contributed by atoms with Gasteiger partial charge in [0.2, 0.25) is 5.13 Å². The van der Waals surface area contributed by atoms with E-state index in [0.717, 1.165) is 42.9 Å². The number of hydrogen-bond donors (Lipinski definition) is 0. The molecular formula is C13H21N3O2S. The molecule has 5 nitrogen and oxygen atoms in total. The highest BCUT2D eigenvalue weighted by atomic mass is 32.1. The molecule has 1 unspecified atom stereocenters. The summed E-state index contributed by atoms with van der Waals surface area (Å²) in [4.78, 5) is 2.30. The van der Waals surface area contributed by atoms with Gasteiger partial charge in [0.15, 0.2) is 0 Å². The molecule has 0 bridgehead atoms. The maximum absolute atomic E-state index is 5.94. The van der Waals surface area contributed by atoms with E-state index in [1.54, 1.807) is 11.3 Å². The van der Waals surface area contributed by atoms with E-state index >= 15 is 0 Å². The third-order valence-electron chi connectivity index (χ3n) is 3.64. The summed E-state index contributed by atoms with van der Waals surface area (Å²) in [6.45, 7) is 10.5. The zero-order valence-electron chi connectivity index (χ0n) is 11.8. The van der Waals surface area contributed by atoms with E-state index in [2.05, 4.69) is 35.9 Å².